The number of rotatable bonds is 8. The lowest BCUT2D eigenvalue weighted by Gasteiger charge is -2.20. The molecule has 0 atom stereocenters. The molecule has 0 radical (unpaired) electrons. The summed E-state index contributed by atoms with van der Waals surface area (Å²) in [5.74, 6) is -0.0880. The highest BCUT2D eigenvalue weighted by atomic mass is 35.5. The van der Waals surface area contributed by atoms with Crippen molar-refractivity contribution in [2.45, 2.75) is 46.5 Å². The van der Waals surface area contributed by atoms with Crippen LogP contribution in [-0.2, 0) is 9.59 Å². The normalized spacial score (nSPS) is 10.4. The molecule has 0 bridgehead atoms. The molecule has 22 heavy (non-hydrogen) atoms. The molecule has 0 aliphatic heterocycles. The number of unbranched alkanes of at least 4 members (excludes halogenated alkanes) is 2. The van der Waals surface area contributed by atoms with Crippen molar-refractivity contribution in [2.24, 2.45) is 0 Å². The molecule has 0 unspecified atom stereocenters. The second kappa shape index (κ2) is 9.46. The highest BCUT2D eigenvalue weighted by Crippen LogP contribution is 2.20. The molecule has 122 valence electrons. The minimum Gasteiger partial charge on any atom is -0.342 e. The molecule has 1 aromatic rings. The molecule has 2 amide bonds. The van der Waals surface area contributed by atoms with Crippen LogP contribution in [0.2, 0.25) is 5.02 Å². The predicted octanol–water partition coefficient (Wildman–Crippen LogP) is 4.02. The number of aryl methyl sites for hydroxylation is 1. The summed E-state index contributed by atoms with van der Waals surface area (Å²) < 4.78 is 0. The van der Waals surface area contributed by atoms with Crippen LogP contribution in [0, 0.1) is 6.92 Å². The highest BCUT2D eigenvalue weighted by Gasteiger charge is 2.11. The second-order valence-corrected chi connectivity index (χ2v) is 5.91. The Bertz CT molecular complexity index is 517. The summed E-state index contributed by atoms with van der Waals surface area (Å²) in [5.41, 5.74) is 1.68. The van der Waals surface area contributed by atoms with E-state index in [1.165, 1.54) is 0 Å². The largest absolute Gasteiger partial charge is 0.342 e. The van der Waals surface area contributed by atoms with Crippen LogP contribution in [-0.4, -0.2) is 29.8 Å². The van der Waals surface area contributed by atoms with Gasteiger partial charge < -0.3 is 10.2 Å². The Morgan fingerprint density at radius 3 is 2.59 bits per heavy atom. The van der Waals surface area contributed by atoms with Crippen LogP contribution in [0.5, 0.6) is 0 Å². The second-order valence-electron chi connectivity index (χ2n) is 5.47. The van der Waals surface area contributed by atoms with E-state index in [0.29, 0.717) is 18.1 Å². The molecule has 0 aromatic heterocycles. The maximum atomic E-state index is 12.0. The van der Waals surface area contributed by atoms with Gasteiger partial charge in [-0.2, -0.15) is 0 Å². The maximum Gasteiger partial charge on any atom is 0.226 e. The molecule has 1 aromatic carbocycles. The Morgan fingerprint density at radius 2 is 1.95 bits per heavy atom. The number of carbonyl (C=O) groups excluding carboxylic acids is 2. The lowest BCUT2D eigenvalue weighted by atomic mass is 10.2. The van der Waals surface area contributed by atoms with Gasteiger partial charge in [-0.3, -0.25) is 9.59 Å². The number of hydrogen-bond acceptors (Lipinski definition) is 2. The number of amides is 2. The van der Waals surface area contributed by atoms with Gasteiger partial charge in [0.05, 0.1) is 0 Å². The SMILES string of the molecule is CCCCCN(CCC(=O)Nc1cc(Cl)ccc1C)C(C)=O. The molecule has 0 saturated heterocycles. The summed E-state index contributed by atoms with van der Waals surface area (Å²) in [7, 11) is 0. The van der Waals surface area contributed by atoms with Crippen LogP contribution >= 0.6 is 11.6 Å². The molecule has 1 N–H and O–H groups in total. The Balaban J connectivity index is 2.49. The van der Waals surface area contributed by atoms with Gasteiger partial charge in [0.15, 0.2) is 0 Å². The van der Waals surface area contributed by atoms with Gasteiger partial charge in [-0.15, -0.1) is 0 Å². The number of nitrogens with one attached hydrogen (secondary N) is 1. The fourth-order valence-electron chi connectivity index (χ4n) is 2.16. The molecule has 0 fully saturated rings. The smallest absolute Gasteiger partial charge is 0.226 e. The van der Waals surface area contributed by atoms with Crippen molar-refractivity contribution < 1.29 is 9.59 Å². The Hall–Kier alpha value is -1.55. The fraction of sp³-hybridized carbons (Fsp3) is 0.529. The van der Waals surface area contributed by atoms with Crippen molar-refractivity contribution in [2.75, 3.05) is 18.4 Å². The predicted molar refractivity (Wildman–Crippen MR) is 91.2 cm³/mol. The topological polar surface area (TPSA) is 49.4 Å². The van der Waals surface area contributed by atoms with Crippen molar-refractivity contribution in [3.05, 3.63) is 28.8 Å². The minimum atomic E-state index is -0.105. The van der Waals surface area contributed by atoms with Crippen LogP contribution in [0.25, 0.3) is 0 Å². The van der Waals surface area contributed by atoms with Gasteiger partial charge in [0.1, 0.15) is 0 Å². The first-order valence-corrected chi connectivity index (χ1v) is 8.13. The molecule has 5 heteroatoms. The molecule has 0 spiro atoms. The van der Waals surface area contributed by atoms with Gasteiger partial charge in [0, 0.05) is 37.1 Å². The average Bonchev–Trinajstić information content (AvgIpc) is 2.46. The summed E-state index contributed by atoms with van der Waals surface area (Å²) in [5, 5.41) is 3.44. The molecule has 0 saturated carbocycles. The van der Waals surface area contributed by atoms with E-state index in [1.807, 2.05) is 13.0 Å². The molecule has 4 nitrogen and oxygen atoms in total. The van der Waals surface area contributed by atoms with E-state index in [-0.39, 0.29) is 18.2 Å². The maximum absolute atomic E-state index is 12.0. The standard InChI is InChI=1S/C17H25ClN2O2/c1-4-5-6-10-20(14(3)21)11-9-17(22)19-16-12-15(18)8-7-13(16)2/h7-8,12H,4-6,9-11H2,1-3H3,(H,19,22). The van der Waals surface area contributed by atoms with Gasteiger partial charge >= 0.3 is 0 Å². The van der Waals surface area contributed by atoms with E-state index < -0.39 is 0 Å². The van der Waals surface area contributed by atoms with Crippen LogP contribution in [0.3, 0.4) is 0 Å². The van der Waals surface area contributed by atoms with Gasteiger partial charge in [-0.05, 0) is 31.0 Å². The van der Waals surface area contributed by atoms with E-state index >= 15 is 0 Å². The highest BCUT2D eigenvalue weighted by molar-refractivity contribution is 6.31. The van der Waals surface area contributed by atoms with Crippen LogP contribution < -0.4 is 5.32 Å². The Morgan fingerprint density at radius 1 is 1.23 bits per heavy atom. The molecular weight excluding hydrogens is 300 g/mol. The molecule has 1 rings (SSSR count). The molecule has 0 heterocycles. The Labute approximate surface area is 137 Å². The monoisotopic (exact) mass is 324 g/mol. The van der Waals surface area contributed by atoms with E-state index in [1.54, 1.807) is 24.0 Å². The van der Waals surface area contributed by atoms with Crippen molar-refractivity contribution in [3.8, 4) is 0 Å². The summed E-state index contributed by atoms with van der Waals surface area (Å²) in [6.45, 7) is 6.75. The summed E-state index contributed by atoms with van der Waals surface area (Å²) >= 11 is 5.94. The van der Waals surface area contributed by atoms with Gasteiger partial charge in [-0.1, -0.05) is 37.4 Å². The van der Waals surface area contributed by atoms with Crippen LogP contribution in [0.1, 0.15) is 45.1 Å². The average molecular weight is 325 g/mol. The van der Waals surface area contributed by atoms with Gasteiger partial charge in [0.2, 0.25) is 11.8 Å². The summed E-state index contributed by atoms with van der Waals surface area (Å²) in [6.07, 6.45) is 3.47. The lowest BCUT2D eigenvalue weighted by molar-refractivity contribution is -0.129. The first-order chi connectivity index (χ1) is 10.4. The van der Waals surface area contributed by atoms with Crippen molar-refractivity contribution in [1.29, 1.82) is 0 Å². The van der Waals surface area contributed by atoms with Gasteiger partial charge in [0.25, 0.3) is 0 Å². The zero-order valence-electron chi connectivity index (χ0n) is 13.6. The van der Waals surface area contributed by atoms with Gasteiger partial charge in [-0.25, -0.2) is 0 Å². The van der Waals surface area contributed by atoms with Crippen molar-refractivity contribution in [3.63, 3.8) is 0 Å². The lowest BCUT2D eigenvalue weighted by Crippen LogP contribution is -2.33. The first kappa shape index (κ1) is 18.5. The van der Waals surface area contributed by atoms with E-state index in [0.717, 1.165) is 30.5 Å². The Kier molecular flexibility index (Phi) is 7.96. The van der Waals surface area contributed by atoms with E-state index in [9.17, 15) is 9.59 Å². The number of halogens is 1. The third kappa shape index (κ3) is 6.48. The number of hydrogen-bond donors (Lipinski definition) is 1. The zero-order valence-corrected chi connectivity index (χ0v) is 14.4. The third-order valence-electron chi connectivity index (χ3n) is 3.56. The molecule has 0 aliphatic rings. The summed E-state index contributed by atoms with van der Waals surface area (Å²) in [6, 6.07) is 5.39. The quantitative estimate of drug-likeness (QED) is 0.734. The van der Waals surface area contributed by atoms with Crippen molar-refractivity contribution >= 4 is 29.1 Å². The minimum absolute atomic E-state index is 0.0165. The number of anilines is 1. The van der Waals surface area contributed by atoms with E-state index in [4.69, 9.17) is 11.6 Å². The fourth-order valence-corrected chi connectivity index (χ4v) is 2.33. The van der Waals surface area contributed by atoms with E-state index in [2.05, 4.69) is 12.2 Å². The zero-order chi connectivity index (χ0) is 16.5. The third-order valence-corrected chi connectivity index (χ3v) is 3.79. The van der Waals surface area contributed by atoms with Crippen LogP contribution in [0.4, 0.5) is 5.69 Å². The molecular formula is C17H25ClN2O2. The molecule has 0 aliphatic carbocycles. The van der Waals surface area contributed by atoms with Crippen LogP contribution in [0.15, 0.2) is 18.2 Å². The number of nitrogens with zero attached hydrogens (tertiary/aromatic N) is 1. The summed E-state index contributed by atoms with van der Waals surface area (Å²) in [4.78, 5) is 25.4. The first-order valence-electron chi connectivity index (χ1n) is 7.75. The number of benzene rings is 1. The number of carbonyl (C=O) groups is 2. The van der Waals surface area contributed by atoms with Crippen molar-refractivity contribution in [1.82, 2.24) is 4.90 Å².